The molecule has 1 saturated heterocycles. The number of aryl methyl sites for hydroxylation is 1. The van der Waals surface area contributed by atoms with E-state index in [0.717, 1.165) is 36.9 Å². The number of nitrogens with one attached hydrogen (secondary N) is 1. The summed E-state index contributed by atoms with van der Waals surface area (Å²) < 4.78 is 5.46. The van der Waals surface area contributed by atoms with E-state index in [9.17, 15) is 0 Å². The van der Waals surface area contributed by atoms with Gasteiger partial charge in [-0.25, -0.2) is 0 Å². The molecule has 0 radical (unpaired) electrons. The predicted molar refractivity (Wildman–Crippen MR) is 71.4 cm³/mol. The van der Waals surface area contributed by atoms with Crippen LogP contribution in [-0.2, 0) is 11.3 Å². The molecule has 17 heavy (non-hydrogen) atoms. The molecule has 1 heterocycles. The molecule has 94 valence electrons. The molecule has 1 atom stereocenters. The minimum Gasteiger partial charge on any atom is -0.381 e. The standard InChI is InChI=1S/C14H20ClNO/c1-11-4-5-12(7-14(11)15)8-16-9-13-3-2-6-17-10-13/h4-5,7,13,16H,2-3,6,8-10H2,1H3. The minimum absolute atomic E-state index is 0.671. The Morgan fingerprint density at radius 2 is 2.35 bits per heavy atom. The molecule has 0 amide bonds. The summed E-state index contributed by atoms with van der Waals surface area (Å²) in [6.07, 6.45) is 2.48. The summed E-state index contributed by atoms with van der Waals surface area (Å²) in [4.78, 5) is 0. The normalized spacial score (nSPS) is 20.5. The second kappa shape index (κ2) is 6.39. The van der Waals surface area contributed by atoms with E-state index >= 15 is 0 Å². The van der Waals surface area contributed by atoms with E-state index in [1.165, 1.54) is 18.4 Å². The van der Waals surface area contributed by atoms with Crippen LogP contribution in [0.3, 0.4) is 0 Å². The number of ether oxygens (including phenoxy) is 1. The van der Waals surface area contributed by atoms with E-state index < -0.39 is 0 Å². The lowest BCUT2D eigenvalue weighted by Crippen LogP contribution is -2.28. The molecule has 0 saturated carbocycles. The summed E-state index contributed by atoms with van der Waals surface area (Å²) in [6.45, 7) is 5.78. The molecule has 0 aromatic heterocycles. The molecule has 1 aliphatic heterocycles. The highest BCUT2D eigenvalue weighted by Crippen LogP contribution is 2.17. The van der Waals surface area contributed by atoms with Gasteiger partial charge in [0.15, 0.2) is 0 Å². The maximum Gasteiger partial charge on any atom is 0.0506 e. The van der Waals surface area contributed by atoms with Crippen molar-refractivity contribution >= 4 is 11.6 Å². The van der Waals surface area contributed by atoms with Crippen molar-refractivity contribution in [2.24, 2.45) is 5.92 Å². The van der Waals surface area contributed by atoms with Gasteiger partial charge in [0.1, 0.15) is 0 Å². The fourth-order valence-corrected chi connectivity index (χ4v) is 2.34. The van der Waals surface area contributed by atoms with E-state index in [0.29, 0.717) is 5.92 Å². The number of hydrogen-bond acceptors (Lipinski definition) is 2. The summed E-state index contributed by atoms with van der Waals surface area (Å²) in [5.74, 6) is 0.671. The van der Waals surface area contributed by atoms with Crippen LogP contribution in [0.25, 0.3) is 0 Å². The third-order valence-electron chi connectivity index (χ3n) is 3.25. The van der Waals surface area contributed by atoms with E-state index in [4.69, 9.17) is 16.3 Å². The van der Waals surface area contributed by atoms with Crippen LogP contribution in [0.5, 0.6) is 0 Å². The van der Waals surface area contributed by atoms with Crippen LogP contribution < -0.4 is 5.32 Å². The molecule has 0 aliphatic carbocycles. The van der Waals surface area contributed by atoms with Gasteiger partial charge in [0.05, 0.1) is 6.61 Å². The molecule has 1 aromatic rings. The average molecular weight is 254 g/mol. The van der Waals surface area contributed by atoms with Gasteiger partial charge in [-0.15, -0.1) is 0 Å². The van der Waals surface area contributed by atoms with Gasteiger partial charge in [-0.2, -0.15) is 0 Å². The van der Waals surface area contributed by atoms with Crippen LogP contribution in [0.2, 0.25) is 5.02 Å². The fraction of sp³-hybridized carbons (Fsp3) is 0.571. The van der Waals surface area contributed by atoms with Gasteiger partial charge in [-0.1, -0.05) is 23.7 Å². The van der Waals surface area contributed by atoms with Crippen molar-refractivity contribution in [2.45, 2.75) is 26.3 Å². The molecule has 1 aliphatic rings. The Morgan fingerprint density at radius 3 is 3.06 bits per heavy atom. The lowest BCUT2D eigenvalue weighted by molar-refractivity contribution is 0.0547. The Kier molecular flexibility index (Phi) is 4.84. The van der Waals surface area contributed by atoms with E-state index in [1.807, 2.05) is 13.0 Å². The van der Waals surface area contributed by atoms with Crippen LogP contribution in [-0.4, -0.2) is 19.8 Å². The Bertz CT molecular complexity index is 361. The highest BCUT2D eigenvalue weighted by Gasteiger charge is 2.12. The summed E-state index contributed by atoms with van der Waals surface area (Å²) in [6, 6.07) is 6.25. The van der Waals surface area contributed by atoms with E-state index in [1.54, 1.807) is 0 Å². The Morgan fingerprint density at radius 1 is 1.47 bits per heavy atom. The third kappa shape index (κ3) is 3.98. The van der Waals surface area contributed by atoms with Crippen LogP contribution in [0.4, 0.5) is 0 Å². The first-order chi connectivity index (χ1) is 8.25. The molecular weight excluding hydrogens is 234 g/mol. The molecule has 1 aromatic carbocycles. The zero-order valence-electron chi connectivity index (χ0n) is 10.3. The quantitative estimate of drug-likeness (QED) is 0.890. The van der Waals surface area contributed by atoms with Crippen molar-refractivity contribution in [1.29, 1.82) is 0 Å². The van der Waals surface area contributed by atoms with Gasteiger partial charge in [0.25, 0.3) is 0 Å². The SMILES string of the molecule is Cc1ccc(CNCC2CCCOC2)cc1Cl. The van der Waals surface area contributed by atoms with Crippen LogP contribution in [0, 0.1) is 12.8 Å². The number of benzene rings is 1. The van der Waals surface area contributed by atoms with Crippen molar-refractivity contribution in [1.82, 2.24) is 5.32 Å². The van der Waals surface area contributed by atoms with Gasteiger partial charge in [0, 0.05) is 24.7 Å². The Hall–Kier alpha value is -0.570. The lowest BCUT2D eigenvalue weighted by Gasteiger charge is -2.22. The predicted octanol–water partition coefficient (Wildman–Crippen LogP) is 3.16. The molecule has 3 heteroatoms. The van der Waals surface area contributed by atoms with Crippen molar-refractivity contribution < 1.29 is 4.74 Å². The van der Waals surface area contributed by atoms with Crippen molar-refractivity contribution in [3.8, 4) is 0 Å². The number of rotatable bonds is 4. The summed E-state index contributed by atoms with van der Waals surface area (Å²) in [7, 11) is 0. The first-order valence-electron chi connectivity index (χ1n) is 6.29. The first kappa shape index (κ1) is 12.9. The van der Waals surface area contributed by atoms with Crippen molar-refractivity contribution in [3.63, 3.8) is 0 Å². The highest BCUT2D eigenvalue weighted by molar-refractivity contribution is 6.31. The number of halogens is 1. The topological polar surface area (TPSA) is 21.3 Å². The molecule has 0 bridgehead atoms. The van der Waals surface area contributed by atoms with Crippen LogP contribution >= 0.6 is 11.6 Å². The monoisotopic (exact) mass is 253 g/mol. The van der Waals surface area contributed by atoms with Crippen molar-refractivity contribution in [2.75, 3.05) is 19.8 Å². The average Bonchev–Trinajstić information content (AvgIpc) is 2.35. The summed E-state index contributed by atoms with van der Waals surface area (Å²) in [5.41, 5.74) is 2.38. The van der Waals surface area contributed by atoms with Gasteiger partial charge < -0.3 is 10.1 Å². The second-order valence-corrected chi connectivity index (χ2v) is 5.20. The molecule has 1 unspecified atom stereocenters. The minimum atomic E-state index is 0.671. The largest absolute Gasteiger partial charge is 0.381 e. The van der Waals surface area contributed by atoms with E-state index in [-0.39, 0.29) is 0 Å². The van der Waals surface area contributed by atoms with E-state index in [2.05, 4.69) is 17.4 Å². The summed E-state index contributed by atoms with van der Waals surface area (Å²) >= 11 is 6.09. The molecule has 2 rings (SSSR count). The van der Waals surface area contributed by atoms with Gasteiger partial charge in [0.2, 0.25) is 0 Å². The van der Waals surface area contributed by atoms with Crippen LogP contribution in [0.1, 0.15) is 24.0 Å². The second-order valence-electron chi connectivity index (χ2n) is 4.80. The maximum atomic E-state index is 6.09. The lowest BCUT2D eigenvalue weighted by atomic mass is 10.0. The molecular formula is C14H20ClNO. The Labute approximate surface area is 108 Å². The first-order valence-corrected chi connectivity index (χ1v) is 6.67. The molecule has 1 fully saturated rings. The zero-order chi connectivity index (χ0) is 12.1. The fourth-order valence-electron chi connectivity index (χ4n) is 2.14. The third-order valence-corrected chi connectivity index (χ3v) is 3.66. The van der Waals surface area contributed by atoms with Gasteiger partial charge in [-0.3, -0.25) is 0 Å². The smallest absolute Gasteiger partial charge is 0.0506 e. The zero-order valence-corrected chi connectivity index (χ0v) is 11.1. The maximum absolute atomic E-state index is 6.09. The highest BCUT2D eigenvalue weighted by atomic mass is 35.5. The van der Waals surface area contributed by atoms with Gasteiger partial charge >= 0.3 is 0 Å². The van der Waals surface area contributed by atoms with Gasteiger partial charge in [-0.05, 0) is 42.9 Å². The molecule has 0 spiro atoms. The summed E-state index contributed by atoms with van der Waals surface area (Å²) in [5, 5.41) is 4.33. The molecule has 1 N–H and O–H groups in total. The number of hydrogen-bond donors (Lipinski definition) is 1. The Balaban J connectivity index is 1.75. The van der Waals surface area contributed by atoms with Crippen molar-refractivity contribution in [3.05, 3.63) is 34.3 Å². The van der Waals surface area contributed by atoms with Crippen LogP contribution in [0.15, 0.2) is 18.2 Å². The molecule has 2 nitrogen and oxygen atoms in total.